The van der Waals surface area contributed by atoms with Crippen molar-refractivity contribution < 1.29 is 0 Å². The van der Waals surface area contributed by atoms with Gasteiger partial charge in [0.15, 0.2) is 0 Å². The van der Waals surface area contributed by atoms with Gasteiger partial charge in [0.1, 0.15) is 0 Å². The number of hydrogen-bond donors (Lipinski definition) is 0. The smallest absolute Gasteiger partial charge is 0.0302 e. The summed E-state index contributed by atoms with van der Waals surface area (Å²) in [5, 5.41) is 0. The molecule has 0 N–H and O–H groups in total. The Balaban J connectivity index is 2.05. The average Bonchev–Trinajstić information content (AvgIpc) is 2.38. The van der Waals surface area contributed by atoms with Crippen LogP contribution in [0.3, 0.4) is 0 Å². The lowest BCUT2D eigenvalue weighted by molar-refractivity contribution is 0.919. The zero-order chi connectivity index (χ0) is 11.2. The average molecular weight is 211 g/mol. The van der Waals surface area contributed by atoms with Crippen LogP contribution in [0.15, 0.2) is 48.8 Å². The zero-order valence-corrected chi connectivity index (χ0v) is 9.69. The number of pyridine rings is 1. The number of nitrogens with zero attached hydrogens (tertiary/aromatic N) is 1. The Hall–Kier alpha value is -1.63. The van der Waals surface area contributed by atoms with Crippen LogP contribution in [-0.2, 0) is 19.3 Å². The fourth-order valence-corrected chi connectivity index (χ4v) is 1.95. The summed E-state index contributed by atoms with van der Waals surface area (Å²) in [6.45, 7) is 2.20. The minimum Gasteiger partial charge on any atom is -0.264 e. The molecule has 0 unspecified atom stereocenters. The van der Waals surface area contributed by atoms with E-state index >= 15 is 0 Å². The van der Waals surface area contributed by atoms with E-state index in [4.69, 9.17) is 0 Å². The van der Waals surface area contributed by atoms with Crippen LogP contribution in [0, 0.1) is 0 Å². The van der Waals surface area contributed by atoms with Crippen molar-refractivity contribution in [1.29, 1.82) is 0 Å². The van der Waals surface area contributed by atoms with Gasteiger partial charge in [0.25, 0.3) is 0 Å². The Kier molecular flexibility index (Phi) is 3.71. The monoisotopic (exact) mass is 211 g/mol. The maximum absolute atomic E-state index is 4.21. The SMILES string of the molecule is CCc1ccncc1CCc1ccccc1. The van der Waals surface area contributed by atoms with E-state index in [1.807, 2.05) is 12.4 Å². The van der Waals surface area contributed by atoms with Crippen LogP contribution >= 0.6 is 0 Å². The van der Waals surface area contributed by atoms with Crippen molar-refractivity contribution in [2.45, 2.75) is 26.2 Å². The summed E-state index contributed by atoms with van der Waals surface area (Å²) in [7, 11) is 0. The van der Waals surface area contributed by atoms with E-state index in [0.29, 0.717) is 0 Å². The van der Waals surface area contributed by atoms with Crippen molar-refractivity contribution >= 4 is 0 Å². The lowest BCUT2D eigenvalue weighted by atomic mass is 10.0. The number of hydrogen-bond acceptors (Lipinski definition) is 1. The summed E-state index contributed by atoms with van der Waals surface area (Å²) < 4.78 is 0. The molecule has 2 rings (SSSR count). The van der Waals surface area contributed by atoms with Crippen molar-refractivity contribution in [3.8, 4) is 0 Å². The van der Waals surface area contributed by atoms with Crippen molar-refractivity contribution in [3.05, 3.63) is 65.5 Å². The van der Waals surface area contributed by atoms with Gasteiger partial charge < -0.3 is 0 Å². The first-order chi connectivity index (χ1) is 7.90. The molecule has 0 radical (unpaired) electrons. The molecule has 0 aliphatic rings. The van der Waals surface area contributed by atoms with Crippen LogP contribution in [0.5, 0.6) is 0 Å². The van der Waals surface area contributed by atoms with Gasteiger partial charge in [0.05, 0.1) is 0 Å². The van der Waals surface area contributed by atoms with E-state index in [1.54, 1.807) is 0 Å². The van der Waals surface area contributed by atoms with Gasteiger partial charge in [-0.15, -0.1) is 0 Å². The van der Waals surface area contributed by atoms with Gasteiger partial charge in [0.2, 0.25) is 0 Å². The molecular formula is C15H17N. The van der Waals surface area contributed by atoms with Crippen LogP contribution < -0.4 is 0 Å². The highest BCUT2D eigenvalue weighted by atomic mass is 14.6. The van der Waals surface area contributed by atoms with Crippen LogP contribution in [0.25, 0.3) is 0 Å². The highest BCUT2D eigenvalue weighted by Crippen LogP contribution is 2.11. The van der Waals surface area contributed by atoms with E-state index in [1.165, 1.54) is 16.7 Å². The Bertz CT molecular complexity index is 434. The summed E-state index contributed by atoms with van der Waals surface area (Å²) in [5.41, 5.74) is 4.20. The summed E-state index contributed by atoms with van der Waals surface area (Å²) >= 11 is 0. The molecule has 0 spiro atoms. The molecule has 1 aromatic carbocycles. The van der Waals surface area contributed by atoms with E-state index in [2.05, 4.69) is 48.3 Å². The van der Waals surface area contributed by atoms with Gasteiger partial charge in [-0.1, -0.05) is 37.3 Å². The van der Waals surface area contributed by atoms with Crippen molar-refractivity contribution in [2.75, 3.05) is 0 Å². The minimum atomic E-state index is 1.08. The third-order valence-corrected chi connectivity index (χ3v) is 2.91. The van der Waals surface area contributed by atoms with Gasteiger partial charge >= 0.3 is 0 Å². The Morgan fingerprint density at radius 3 is 2.50 bits per heavy atom. The largest absolute Gasteiger partial charge is 0.264 e. The fraction of sp³-hybridized carbons (Fsp3) is 0.267. The predicted molar refractivity (Wildman–Crippen MR) is 67.5 cm³/mol. The van der Waals surface area contributed by atoms with E-state index in [-0.39, 0.29) is 0 Å². The molecule has 2 aromatic rings. The number of rotatable bonds is 4. The fourth-order valence-electron chi connectivity index (χ4n) is 1.95. The van der Waals surface area contributed by atoms with Crippen LogP contribution in [0.2, 0.25) is 0 Å². The summed E-state index contributed by atoms with van der Waals surface area (Å²) in [6.07, 6.45) is 7.15. The number of benzene rings is 1. The van der Waals surface area contributed by atoms with Gasteiger partial charge in [0, 0.05) is 12.4 Å². The third-order valence-electron chi connectivity index (χ3n) is 2.91. The van der Waals surface area contributed by atoms with Gasteiger partial charge in [-0.25, -0.2) is 0 Å². The van der Waals surface area contributed by atoms with Gasteiger partial charge in [-0.3, -0.25) is 4.98 Å². The summed E-state index contributed by atoms with van der Waals surface area (Å²) in [5.74, 6) is 0. The standard InChI is InChI=1S/C15H17N/c1-2-14-10-11-16-12-15(14)9-8-13-6-4-3-5-7-13/h3-7,10-12H,2,8-9H2,1H3. The maximum atomic E-state index is 4.21. The quantitative estimate of drug-likeness (QED) is 0.755. The Morgan fingerprint density at radius 1 is 0.938 bits per heavy atom. The second-order valence-electron chi connectivity index (χ2n) is 3.98. The maximum Gasteiger partial charge on any atom is 0.0302 e. The van der Waals surface area contributed by atoms with Gasteiger partial charge in [-0.2, -0.15) is 0 Å². The van der Waals surface area contributed by atoms with E-state index in [0.717, 1.165) is 19.3 Å². The Labute approximate surface area is 97.2 Å². The van der Waals surface area contributed by atoms with Crippen LogP contribution in [0.4, 0.5) is 0 Å². The van der Waals surface area contributed by atoms with Crippen molar-refractivity contribution in [2.24, 2.45) is 0 Å². The molecule has 0 fully saturated rings. The van der Waals surface area contributed by atoms with Crippen molar-refractivity contribution in [3.63, 3.8) is 0 Å². The molecule has 1 heteroatoms. The molecule has 1 heterocycles. The zero-order valence-electron chi connectivity index (χ0n) is 9.69. The molecule has 1 nitrogen and oxygen atoms in total. The van der Waals surface area contributed by atoms with E-state index < -0.39 is 0 Å². The molecule has 0 aliphatic heterocycles. The second kappa shape index (κ2) is 5.45. The van der Waals surface area contributed by atoms with E-state index in [9.17, 15) is 0 Å². The third kappa shape index (κ3) is 2.69. The first kappa shape index (κ1) is 10.9. The second-order valence-corrected chi connectivity index (χ2v) is 3.98. The van der Waals surface area contributed by atoms with Crippen LogP contribution in [-0.4, -0.2) is 4.98 Å². The summed E-state index contributed by atoms with van der Waals surface area (Å²) in [4.78, 5) is 4.21. The number of aryl methyl sites for hydroxylation is 3. The molecular weight excluding hydrogens is 194 g/mol. The molecule has 0 amide bonds. The summed E-state index contributed by atoms with van der Waals surface area (Å²) in [6, 6.07) is 12.7. The minimum absolute atomic E-state index is 1.08. The predicted octanol–water partition coefficient (Wildman–Crippen LogP) is 3.43. The highest BCUT2D eigenvalue weighted by Gasteiger charge is 2.00. The Morgan fingerprint density at radius 2 is 1.75 bits per heavy atom. The van der Waals surface area contributed by atoms with Crippen molar-refractivity contribution in [1.82, 2.24) is 4.98 Å². The normalized spacial score (nSPS) is 10.3. The molecule has 0 saturated heterocycles. The molecule has 0 bridgehead atoms. The van der Waals surface area contributed by atoms with Gasteiger partial charge in [-0.05, 0) is 42.0 Å². The molecule has 0 saturated carbocycles. The lowest BCUT2D eigenvalue weighted by Gasteiger charge is -2.06. The first-order valence-electron chi connectivity index (χ1n) is 5.86. The lowest BCUT2D eigenvalue weighted by Crippen LogP contribution is -1.97. The molecule has 16 heavy (non-hydrogen) atoms. The first-order valence-corrected chi connectivity index (χ1v) is 5.86. The molecule has 82 valence electrons. The molecule has 0 atom stereocenters. The highest BCUT2D eigenvalue weighted by molar-refractivity contribution is 5.25. The van der Waals surface area contributed by atoms with Crippen LogP contribution in [0.1, 0.15) is 23.6 Å². The molecule has 1 aromatic heterocycles. The topological polar surface area (TPSA) is 12.9 Å². The molecule has 0 aliphatic carbocycles. The number of aromatic nitrogens is 1.